The number of unbranched alkanes of at least 4 members (excludes halogenated alkanes) is 2. The van der Waals surface area contributed by atoms with Crippen molar-refractivity contribution in [1.82, 2.24) is 4.90 Å². The van der Waals surface area contributed by atoms with Crippen molar-refractivity contribution in [2.45, 2.75) is 114 Å². The normalized spacial score (nSPS) is 23.7. The van der Waals surface area contributed by atoms with Gasteiger partial charge in [0.2, 0.25) is 18.5 Å². The van der Waals surface area contributed by atoms with E-state index >= 15 is 4.79 Å². The van der Waals surface area contributed by atoms with Crippen LogP contribution in [0.2, 0.25) is 0 Å². The zero-order valence-electron chi connectivity index (χ0n) is 39.8. The van der Waals surface area contributed by atoms with Gasteiger partial charge in [-0.15, -0.1) is 6.58 Å². The van der Waals surface area contributed by atoms with Crippen LogP contribution in [0.5, 0.6) is 28.7 Å². The lowest BCUT2D eigenvalue weighted by atomic mass is 9.55. The maximum absolute atomic E-state index is 15.4. The average molecular weight is 956 g/mol. The molecule has 14 nitrogen and oxygen atoms in total. The van der Waals surface area contributed by atoms with Gasteiger partial charge in [-0.2, -0.15) is 0 Å². The molecular formula is C56H65N3O11. The van der Waals surface area contributed by atoms with E-state index in [0.29, 0.717) is 59.6 Å². The van der Waals surface area contributed by atoms with Gasteiger partial charge in [0.1, 0.15) is 29.9 Å². The molecule has 14 heteroatoms. The standard InChI is InChI=1S/C56H65N3O11/c1-2-29-67-56-52(58(53(62)26-22-38-13-6-7-14-38)35-40-21-24-50-51(30-40)66-37-65-50)34-48(57-68-36-39-15-4-3-5-16-39)46-31-41(17-8-10-27-60)45(20-9-11-28-61)54(55(46)56)47-33-44(23-25-49(47)70-56)69-43-19-12-18-42(32-43)59(63)64/h2-5,12,15-16,18-19,21,23-25,30-33,38,41,45,52,54-55,60-61H,1,6-11,13-14,17,20,22,26-29,34-37H2/t41-,45+,52-,54+,55+,56+/m0/s1. The predicted octanol–water partition coefficient (Wildman–Crippen LogP) is 10.9. The Hall–Kier alpha value is -6.22. The first-order valence-electron chi connectivity index (χ1n) is 25.1. The molecule has 3 aliphatic carbocycles. The molecule has 6 atom stereocenters. The molecule has 2 heterocycles. The van der Waals surface area contributed by atoms with Crippen molar-refractivity contribution < 1.29 is 48.5 Å². The van der Waals surface area contributed by atoms with Gasteiger partial charge in [0.25, 0.3) is 5.69 Å². The third kappa shape index (κ3) is 10.7. The van der Waals surface area contributed by atoms with Crippen molar-refractivity contribution in [2.24, 2.45) is 28.8 Å². The number of nitro benzene ring substituents is 1. The molecule has 5 aliphatic rings. The highest BCUT2D eigenvalue weighted by atomic mass is 16.7. The summed E-state index contributed by atoms with van der Waals surface area (Å²) in [6, 6.07) is 26.8. The molecule has 4 aromatic rings. The molecular weight excluding hydrogens is 891 g/mol. The van der Waals surface area contributed by atoms with E-state index in [-0.39, 0.29) is 75.5 Å². The van der Waals surface area contributed by atoms with Gasteiger partial charge in [-0.25, -0.2) is 0 Å². The van der Waals surface area contributed by atoms with E-state index in [2.05, 4.69) is 12.7 Å². The van der Waals surface area contributed by atoms with Crippen LogP contribution in [0.3, 0.4) is 0 Å². The molecule has 2 aliphatic heterocycles. The fraction of sp³-hybridized carbons (Fsp3) is 0.464. The number of nitro groups is 1. The smallest absolute Gasteiger partial charge is 0.273 e. The number of amides is 1. The highest BCUT2D eigenvalue weighted by Gasteiger charge is 2.65. The van der Waals surface area contributed by atoms with Crippen LogP contribution in [-0.4, -0.2) is 70.1 Å². The second-order valence-corrected chi connectivity index (χ2v) is 19.3. The summed E-state index contributed by atoms with van der Waals surface area (Å²) >= 11 is 0. The molecule has 9 rings (SSSR count). The summed E-state index contributed by atoms with van der Waals surface area (Å²) in [7, 11) is 0. The van der Waals surface area contributed by atoms with E-state index in [9.17, 15) is 20.3 Å². The molecule has 2 N–H and O–H groups in total. The Bertz CT molecular complexity index is 2520. The zero-order valence-corrected chi connectivity index (χ0v) is 39.8. The van der Waals surface area contributed by atoms with E-state index in [1.54, 1.807) is 24.3 Å². The average Bonchev–Trinajstić information content (AvgIpc) is 4.09. The Morgan fingerprint density at radius 3 is 2.43 bits per heavy atom. The van der Waals surface area contributed by atoms with Gasteiger partial charge < -0.3 is 43.6 Å². The number of ether oxygens (including phenoxy) is 5. The molecule has 70 heavy (non-hydrogen) atoms. The molecule has 2 fully saturated rings. The van der Waals surface area contributed by atoms with E-state index in [0.717, 1.165) is 67.2 Å². The minimum atomic E-state index is -1.47. The molecule has 4 aromatic carbocycles. The van der Waals surface area contributed by atoms with Gasteiger partial charge in [-0.3, -0.25) is 14.9 Å². The summed E-state index contributed by atoms with van der Waals surface area (Å²) in [5.41, 5.74) is 4.23. The molecule has 370 valence electrons. The Morgan fingerprint density at radius 2 is 1.64 bits per heavy atom. The largest absolute Gasteiger partial charge is 0.459 e. The number of aliphatic hydroxyl groups excluding tert-OH is 2. The Kier molecular flexibility index (Phi) is 15.8. The highest BCUT2D eigenvalue weighted by molar-refractivity contribution is 6.03. The topological polar surface area (TPSA) is 172 Å². The van der Waals surface area contributed by atoms with Crippen LogP contribution < -0.4 is 18.9 Å². The fourth-order valence-corrected chi connectivity index (χ4v) is 11.6. The molecule has 0 bridgehead atoms. The van der Waals surface area contributed by atoms with Crippen molar-refractivity contribution in [1.29, 1.82) is 0 Å². The molecule has 0 radical (unpaired) electrons. The Balaban J connectivity index is 1.23. The number of allylic oxidation sites excluding steroid dienone is 1. The third-order valence-electron chi connectivity index (χ3n) is 14.9. The molecule has 0 unspecified atom stereocenters. The SMILES string of the molecule is C=CCO[C@@]12Oc3ccc(Oc4cccc([N+](=O)[O-])c4)cc3[C@H]3[C@H](CCCCO)[C@@H](CCCCO)C=C(C(=NOCc4ccccc4)C[C@@H]1N(Cc1ccc4c(c1)OCO4)C(=O)CCC1CCCC1)[C@H]32. The van der Waals surface area contributed by atoms with Gasteiger partial charge in [-0.05, 0) is 103 Å². The number of rotatable bonds is 23. The summed E-state index contributed by atoms with van der Waals surface area (Å²) in [5, 5.41) is 36.9. The van der Waals surface area contributed by atoms with E-state index in [1.165, 1.54) is 25.0 Å². The maximum atomic E-state index is 15.4. The number of non-ortho nitro benzene ring substituents is 1. The van der Waals surface area contributed by atoms with Crippen molar-refractivity contribution in [2.75, 3.05) is 26.6 Å². The maximum Gasteiger partial charge on any atom is 0.273 e. The van der Waals surface area contributed by atoms with Gasteiger partial charge in [0.05, 0.1) is 29.2 Å². The number of aliphatic hydroxyl groups is 2. The lowest BCUT2D eigenvalue weighted by molar-refractivity contribution is -0.384. The first-order chi connectivity index (χ1) is 34.3. The summed E-state index contributed by atoms with van der Waals surface area (Å²) in [6.45, 7) is 4.94. The van der Waals surface area contributed by atoms with E-state index < -0.39 is 22.7 Å². The monoisotopic (exact) mass is 955 g/mol. The third-order valence-corrected chi connectivity index (χ3v) is 14.9. The lowest BCUT2D eigenvalue weighted by Crippen LogP contribution is -2.70. The predicted molar refractivity (Wildman–Crippen MR) is 264 cm³/mol. The van der Waals surface area contributed by atoms with Crippen LogP contribution in [0.15, 0.2) is 120 Å². The first kappa shape index (κ1) is 48.8. The van der Waals surface area contributed by atoms with Crippen molar-refractivity contribution >= 4 is 17.3 Å². The minimum absolute atomic E-state index is 0.0135. The van der Waals surface area contributed by atoms with Crippen LogP contribution in [0.25, 0.3) is 0 Å². The molecule has 2 saturated carbocycles. The first-order valence-corrected chi connectivity index (χ1v) is 25.1. The molecule has 1 amide bonds. The van der Waals surface area contributed by atoms with Crippen molar-refractivity contribution in [3.63, 3.8) is 0 Å². The second-order valence-electron chi connectivity index (χ2n) is 19.3. The zero-order chi connectivity index (χ0) is 48.5. The number of oxime groups is 1. The number of nitrogens with zero attached hydrogens (tertiary/aromatic N) is 3. The number of hydrogen-bond acceptors (Lipinski definition) is 12. The number of carbonyl (C=O) groups excluding carboxylic acids is 1. The summed E-state index contributed by atoms with van der Waals surface area (Å²) in [4.78, 5) is 35.0. The number of carbonyl (C=O) groups is 1. The summed E-state index contributed by atoms with van der Waals surface area (Å²) in [6.07, 6.45) is 14.4. The Morgan fingerprint density at radius 1 is 0.871 bits per heavy atom. The molecule has 0 aromatic heterocycles. The summed E-state index contributed by atoms with van der Waals surface area (Å²) < 4.78 is 32.7. The van der Waals surface area contributed by atoms with Crippen LogP contribution in [0.4, 0.5) is 5.69 Å². The number of fused-ring (bicyclic) bond motifs is 3. The van der Waals surface area contributed by atoms with Crippen LogP contribution in [0, 0.1) is 33.8 Å². The Labute approximate surface area is 410 Å². The van der Waals surface area contributed by atoms with Crippen LogP contribution >= 0.6 is 0 Å². The van der Waals surface area contributed by atoms with E-state index in [1.807, 2.05) is 65.6 Å². The van der Waals surface area contributed by atoms with Gasteiger partial charge in [-0.1, -0.05) is 98.3 Å². The number of hydrogen-bond donors (Lipinski definition) is 2. The summed E-state index contributed by atoms with van der Waals surface area (Å²) in [5.74, 6) is 0.783. The van der Waals surface area contributed by atoms with E-state index in [4.69, 9.17) is 33.7 Å². The second kappa shape index (κ2) is 22.7. The minimum Gasteiger partial charge on any atom is -0.459 e. The van der Waals surface area contributed by atoms with Crippen LogP contribution in [0.1, 0.15) is 106 Å². The lowest BCUT2D eigenvalue weighted by Gasteiger charge is -2.60. The number of benzene rings is 4. The fourth-order valence-electron chi connectivity index (χ4n) is 11.6. The van der Waals surface area contributed by atoms with Crippen LogP contribution in [-0.2, 0) is 27.5 Å². The van der Waals surface area contributed by atoms with Gasteiger partial charge in [0.15, 0.2) is 11.5 Å². The highest BCUT2D eigenvalue weighted by Crippen LogP contribution is 2.62. The van der Waals surface area contributed by atoms with Gasteiger partial charge in [0, 0.05) is 50.1 Å². The quantitative estimate of drug-likeness (QED) is 0.0314. The molecule has 0 spiro atoms. The molecule has 0 saturated heterocycles. The van der Waals surface area contributed by atoms with Crippen molar-refractivity contribution in [3.05, 3.63) is 142 Å². The van der Waals surface area contributed by atoms with Gasteiger partial charge >= 0.3 is 0 Å². The van der Waals surface area contributed by atoms with Crippen molar-refractivity contribution in [3.8, 4) is 28.7 Å².